The molecule has 0 aromatic heterocycles. The van der Waals surface area contributed by atoms with E-state index in [4.69, 9.17) is 9.47 Å². The van der Waals surface area contributed by atoms with Crippen molar-refractivity contribution < 1.29 is 14.3 Å². The molecule has 1 amide bonds. The maximum Gasteiger partial charge on any atom is 0.265 e. The van der Waals surface area contributed by atoms with Gasteiger partial charge in [-0.2, -0.15) is 0 Å². The molecule has 4 nitrogen and oxygen atoms in total. The Morgan fingerprint density at radius 1 is 0.929 bits per heavy atom. The molecule has 4 heteroatoms. The average molecular weight is 375 g/mol. The fourth-order valence-corrected chi connectivity index (χ4v) is 2.86. The van der Waals surface area contributed by atoms with Crippen molar-refractivity contribution >= 4 is 11.6 Å². The first-order valence-corrected chi connectivity index (χ1v) is 9.33. The van der Waals surface area contributed by atoms with E-state index < -0.39 is 6.10 Å². The highest BCUT2D eigenvalue weighted by Crippen LogP contribution is 2.24. The van der Waals surface area contributed by atoms with Gasteiger partial charge < -0.3 is 14.8 Å². The Labute approximate surface area is 166 Å². The first-order valence-electron chi connectivity index (χ1n) is 9.33. The molecule has 0 fully saturated rings. The van der Waals surface area contributed by atoms with Gasteiger partial charge in [0.1, 0.15) is 18.1 Å². The third-order valence-corrected chi connectivity index (χ3v) is 4.42. The molecular weight excluding hydrogens is 350 g/mol. The number of carbonyl (C=O) groups excluding carboxylic acids is 1. The van der Waals surface area contributed by atoms with Crippen LogP contribution in [0, 0.1) is 13.8 Å². The summed E-state index contributed by atoms with van der Waals surface area (Å²) in [6.45, 7) is 6.17. The molecule has 0 saturated carbocycles. The highest BCUT2D eigenvalue weighted by atomic mass is 16.5. The number of hydrogen-bond donors (Lipinski definition) is 1. The minimum Gasteiger partial charge on any atom is -0.489 e. The third-order valence-electron chi connectivity index (χ3n) is 4.42. The van der Waals surface area contributed by atoms with Gasteiger partial charge in [0.2, 0.25) is 0 Å². The molecule has 0 bridgehead atoms. The summed E-state index contributed by atoms with van der Waals surface area (Å²) < 4.78 is 11.7. The standard InChI is InChI=1S/C24H25NO3/c1-17-9-7-10-18(2)23(17)28-19(3)24(26)25-21-13-8-14-22(15-21)27-16-20-11-5-4-6-12-20/h4-15,19H,16H2,1-3H3,(H,25,26). The summed E-state index contributed by atoms with van der Waals surface area (Å²) in [5, 5.41) is 2.90. The fraction of sp³-hybridized carbons (Fsp3) is 0.208. The SMILES string of the molecule is Cc1cccc(C)c1OC(C)C(=O)Nc1cccc(OCc2ccccc2)c1. The van der Waals surface area contributed by atoms with Gasteiger partial charge in [-0.3, -0.25) is 4.79 Å². The molecule has 144 valence electrons. The second-order valence-electron chi connectivity index (χ2n) is 6.77. The first-order chi connectivity index (χ1) is 13.5. The molecular formula is C24H25NO3. The van der Waals surface area contributed by atoms with Crippen LogP contribution in [0.5, 0.6) is 11.5 Å². The number of ether oxygens (including phenoxy) is 2. The molecule has 0 heterocycles. The number of benzene rings is 3. The number of anilines is 1. The third kappa shape index (κ3) is 5.13. The van der Waals surface area contributed by atoms with E-state index in [1.165, 1.54) is 0 Å². The summed E-state index contributed by atoms with van der Waals surface area (Å²) in [4.78, 5) is 12.6. The normalized spacial score (nSPS) is 11.5. The van der Waals surface area contributed by atoms with E-state index in [-0.39, 0.29) is 5.91 Å². The van der Waals surface area contributed by atoms with Gasteiger partial charge in [0, 0.05) is 11.8 Å². The van der Waals surface area contributed by atoms with Gasteiger partial charge in [-0.15, -0.1) is 0 Å². The maximum atomic E-state index is 12.6. The monoisotopic (exact) mass is 375 g/mol. The van der Waals surface area contributed by atoms with Gasteiger partial charge in [0.25, 0.3) is 5.91 Å². The number of amides is 1. The average Bonchev–Trinajstić information content (AvgIpc) is 2.70. The first kappa shape index (κ1) is 19.5. The van der Waals surface area contributed by atoms with Crippen LogP contribution in [-0.4, -0.2) is 12.0 Å². The van der Waals surface area contributed by atoms with E-state index in [0.717, 1.165) is 22.4 Å². The largest absolute Gasteiger partial charge is 0.489 e. The number of hydrogen-bond acceptors (Lipinski definition) is 3. The van der Waals surface area contributed by atoms with Crippen LogP contribution in [0.1, 0.15) is 23.6 Å². The molecule has 0 spiro atoms. The molecule has 1 atom stereocenters. The fourth-order valence-electron chi connectivity index (χ4n) is 2.86. The summed E-state index contributed by atoms with van der Waals surface area (Å²) in [6.07, 6.45) is -0.617. The molecule has 0 radical (unpaired) electrons. The van der Waals surface area contributed by atoms with E-state index in [9.17, 15) is 4.79 Å². The Morgan fingerprint density at radius 3 is 2.32 bits per heavy atom. The van der Waals surface area contributed by atoms with Gasteiger partial charge in [-0.05, 0) is 49.6 Å². The molecule has 3 rings (SSSR count). The van der Waals surface area contributed by atoms with Gasteiger partial charge in [-0.25, -0.2) is 0 Å². The molecule has 3 aromatic carbocycles. The van der Waals surface area contributed by atoms with E-state index in [2.05, 4.69) is 5.32 Å². The lowest BCUT2D eigenvalue weighted by Gasteiger charge is -2.18. The predicted octanol–water partition coefficient (Wildman–Crippen LogP) is 5.29. The lowest BCUT2D eigenvalue weighted by molar-refractivity contribution is -0.122. The van der Waals surface area contributed by atoms with Crippen molar-refractivity contribution in [1.29, 1.82) is 0 Å². The number of rotatable bonds is 7. The molecule has 1 N–H and O–H groups in total. The van der Waals surface area contributed by atoms with Crippen LogP contribution in [0.4, 0.5) is 5.69 Å². The Morgan fingerprint density at radius 2 is 1.61 bits per heavy atom. The van der Waals surface area contributed by atoms with Crippen molar-refractivity contribution in [3.05, 3.63) is 89.5 Å². The van der Waals surface area contributed by atoms with E-state index in [1.54, 1.807) is 6.92 Å². The summed E-state index contributed by atoms with van der Waals surface area (Å²) in [5.41, 5.74) is 3.78. The minimum atomic E-state index is -0.617. The number of para-hydroxylation sites is 1. The zero-order valence-corrected chi connectivity index (χ0v) is 16.4. The maximum absolute atomic E-state index is 12.6. The topological polar surface area (TPSA) is 47.6 Å². The van der Waals surface area contributed by atoms with Gasteiger partial charge in [0.05, 0.1) is 0 Å². The van der Waals surface area contributed by atoms with Crippen LogP contribution >= 0.6 is 0 Å². The van der Waals surface area contributed by atoms with Crippen LogP contribution in [0.25, 0.3) is 0 Å². The van der Waals surface area contributed by atoms with Gasteiger partial charge in [0.15, 0.2) is 6.10 Å². The second kappa shape index (κ2) is 9.09. The Kier molecular flexibility index (Phi) is 6.33. The Bertz CT molecular complexity index is 917. The lowest BCUT2D eigenvalue weighted by Crippen LogP contribution is -2.30. The second-order valence-corrected chi connectivity index (χ2v) is 6.77. The van der Waals surface area contributed by atoms with Crippen molar-refractivity contribution in [2.45, 2.75) is 33.5 Å². The molecule has 0 aliphatic carbocycles. The highest BCUT2D eigenvalue weighted by molar-refractivity contribution is 5.94. The van der Waals surface area contributed by atoms with Gasteiger partial charge >= 0.3 is 0 Å². The summed E-state index contributed by atoms with van der Waals surface area (Å²) in [6, 6.07) is 23.2. The predicted molar refractivity (Wildman–Crippen MR) is 112 cm³/mol. The van der Waals surface area contributed by atoms with Crippen molar-refractivity contribution in [2.75, 3.05) is 5.32 Å². The minimum absolute atomic E-state index is 0.206. The zero-order valence-electron chi connectivity index (χ0n) is 16.4. The van der Waals surface area contributed by atoms with E-state index in [1.807, 2.05) is 86.6 Å². The van der Waals surface area contributed by atoms with Gasteiger partial charge in [-0.1, -0.05) is 54.6 Å². The highest BCUT2D eigenvalue weighted by Gasteiger charge is 2.17. The lowest BCUT2D eigenvalue weighted by atomic mass is 10.1. The number of carbonyl (C=O) groups is 1. The summed E-state index contributed by atoms with van der Waals surface area (Å²) in [7, 11) is 0. The Hall–Kier alpha value is -3.27. The summed E-state index contributed by atoms with van der Waals surface area (Å²) >= 11 is 0. The summed E-state index contributed by atoms with van der Waals surface area (Å²) in [5.74, 6) is 1.25. The van der Waals surface area contributed by atoms with Crippen LogP contribution in [0.2, 0.25) is 0 Å². The molecule has 1 unspecified atom stereocenters. The molecule has 0 aliphatic heterocycles. The smallest absolute Gasteiger partial charge is 0.265 e. The van der Waals surface area contributed by atoms with Crippen molar-refractivity contribution in [2.24, 2.45) is 0 Å². The number of nitrogens with one attached hydrogen (secondary N) is 1. The van der Waals surface area contributed by atoms with E-state index >= 15 is 0 Å². The van der Waals surface area contributed by atoms with Crippen molar-refractivity contribution in [3.63, 3.8) is 0 Å². The van der Waals surface area contributed by atoms with Crippen LogP contribution in [-0.2, 0) is 11.4 Å². The van der Waals surface area contributed by atoms with Crippen LogP contribution in [0.3, 0.4) is 0 Å². The van der Waals surface area contributed by atoms with E-state index in [0.29, 0.717) is 18.0 Å². The quantitative estimate of drug-likeness (QED) is 0.610. The number of aryl methyl sites for hydroxylation is 2. The van der Waals surface area contributed by atoms with Crippen LogP contribution < -0.4 is 14.8 Å². The molecule has 0 aliphatic rings. The van der Waals surface area contributed by atoms with Crippen molar-refractivity contribution in [1.82, 2.24) is 0 Å². The zero-order chi connectivity index (χ0) is 19.9. The molecule has 0 saturated heterocycles. The molecule has 28 heavy (non-hydrogen) atoms. The van der Waals surface area contributed by atoms with Crippen molar-refractivity contribution in [3.8, 4) is 11.5 Å². The Balaban J connectivity index is 1.60. The molecule has 3 aromatic rings. The van der Waals surface area contributed by atoms with Crippen LogP contribution in [0.15, 0.2) is 72.8 Å².